The van der Waals surface area contributed by atoms with Crippen LogP contribution in [0.5, 0.6) is 0 Å². The van der Waals surface area contributed by atoms with E-state index >= 15 is 0 Å². The topological polar surface area (TPSA) is 58.9 Å². The number of hydrogen-bond donors (Lipinski definition) is 2. The van der Waals surface area contributed by atoms with Crippen LogP contribution in [0.15, 0.2) is 0 Å². The van der Waals surface area contributed by atoms with Crippen LogP contribution in [0.25, 0.3) is 0 Å². The van der Waals surface area contributed by atoms with E-state index in [1.807, 2.05) is 0 Å². The van der Waals surface area contributed by atoms with Crippen molar-refractivity contribution >= 4 is 0 Å². The van der Waals surface area contributed by atoms with Crippen molar-refractivity contribution in [3.63, 3.8) is 0 Å². The van der Waals surface area contributed by atoms with Crippen molar-refractivity contribution < 1.29 is 19.7 Å². The summed E-state index contributed by atoms with van der Waals surface area (Å²) in [6, 6.07) is 0. The molecule has 0 aromatic rings. The number of aliphatic hydroxyl groups excluding tert-OH is 2. The molecular formula is C16H26O4. The van der Waals surface area contributed by atoms with E-state index in [9.17, 15) is 10.2 Å². The first-order valence-electron chi connectivity index (χ1n) is 7.82. The first kappa shape index (κ1) is 15.8. The van der Waals surface area contributed by atoms with Crippen LogP contribution in [0.4, 0.5) is 0 Å². The Morgan fingerprint density at radius 1 is 0.700 bits per heavy atom. The monoisotopic (exact) mass is 282 g/mol. The van der Waals surface area contributed by atoms with Gasteiger partial charge >= 0.3 is 0 Å². The van der Waals surface area contributed by atoms with Gasteiger partial charge in [-0.2, -0.15) is 0 Å². The molecule has 0 spiro atoms. The number of ether oxygens (including phenoxy) is 2. The van der Waals surface area contributed by atoms with Gasteiger partial charge in [0.15, 0.2) is 0 Å². The summed E-state index contributed by atoms with van der Waals surface area (Å²) in [5, 5.41) is 19.5. The third-order valence-electron chi connectivity index (χ3n) is 4.20. The first-order chi connectivity index (χ1) is 9.77. The van der Waals surface area contributed by atoms with Crippen LogP contribution >= 0.6 is 0 Å². The lowest BCUT2D eigenvalue weighted by Crippen LogP contribution is -2.32. The molecule has 0 aromatic heterocycles. The quantitative estimate of drug-likeness (QED) is 0.770. The molecule has 4 atom stereocenters. The largest absolute Gasteiger partial charge is 0.390 e. The molecule has 4 unspecified atom stereocenters. The third kappa shape index (κ3) is 5.06. The van der Waals surface area contributed by atoms with E-state index in [0.717, 1.165) is 51.4 Å². The number of rotatable bonds is 4. The van der Waals surface area contributed by atoms with Crippen LogP contribution in [-0.4, -0.2) is 47.8 Å². The molecule has 2 N–H and O–H groups in total. The molecular weight excluding hydrogens is 256 g/mol. The molecule has 0 aliphatic heterocycles. The molecule has 0 saturated heterocycles. The minimum Gasteiger partial charge on any atom is -0.390 e. The van der Waals surface area contributed by atoms with Crippen LogP contribution in [-0.2, 0) is 9.47 Å². The van der Waals surface area contributed by atoms with E-state index in [0.29, 0.717) is 13.2 Å². The molecule has 2 rings (SSSR count). The average Bonchev–Trinajstić information content (AvgIpc) is 2.46. The highest BCUT2D eigenvalue weighted by molar-refractivity contribution is 5.00. The predicted molar refractivity (Wildman–Crippen MR) is 76.2 cm³/mol. The zero-order chi connectivity index (χ0) is 14.2. The predicted octanol–water partition coefficient (Wildman–Crippen LogP) is 1.63. The molecule has 2 aliphatic carbocycles. The van der Waals surface area contributed by atoms with Crippen molar-refractivity contribution in [3.8, 4) is 11.8 Å². The fraction of sp³-hybridized carbons (Fsp3) is 0.875. The van der Waals surface area contributed by atoms with Crippen LogP contribution in [0.2, 0.25) is 0 Å². The highest BCUT2D eigenvalue weighted by atomic mass is 16.5. The average molecular weight is 282 g/mol. The molecule has 20 heavy (non-hydrogen) atoms. The molecule has 2 saturated carbocycles. The van der Waals surface area contributed by atoms with Gasteiger partial charge in [-0.1, -0.05) is 37.5 Å². The zero-order valence-corrected chi connectivity index (χ0v) is 12.1. The molecule has 4 heteroatoms. The fourth-order valence-corrected chi connectivity index (χ4v) is 2.94. The first-order valence-corrected chi connectivity index (χ1v) is 7.82. The van der Waals surface area contributed by atoms with Crippen molar-refractivity contribution in [2.75, 3.05) is 13.2 Å². The summed E-state index contributed by atoms with van der Waals surface area (Å²) < 4.78 is 11.2. The molecule has 0 aromatic carbocycles. The maximum Gasteiger partial charge on any atom is 0.108 e. The van der Waals surface area contributed by atoms with Gasteiger partial charge in [0.25, 0.3) is 0 Å². The second-order valence-electron chi connectivity index (χ2n) is 5.76. The third-order valence-corrected chi connectivity index (χ3v) is 4.20. The molecule has 0 heterocycles. The lowest BCUT2D eigenvalue weighted by atomic mass is 9.95. The van der Waals surface area contributed by atoms with E-state index in [2.05, 4.69) is 11.8 Å². The highest BCUT2D eigenvalue weighted by Gasteiger charge is 2.23. The van der Waals surface area contributed by atoms with Gasteiger partial charge in [-0.15, -0.1) is 0 Å². The smallest absolute Gasteiger partial charge is 0.108 e. The summed E-state index contributed by atoms with van der Waals surface area (Å²) in [6.07, 6.45) is 7.16. The molecule has 0 amide bonds. The summed E-state index contributed by atoms with van der Waals surface area (Å²) in [5.41, 5.74) is 0. The van der Waals surface area contributed by atoms with E-state index in [1.54, 1.807) is 0 Å². The second kappa shape index (κ2) is 8.63. The lowest BCUT2D eigenvalue weighted by molar-refractivity contribution is -0.0491. The maximum absolute atomic E-state index is 9.75. The molecule has 2 fully saturated rings. The molecule has 2 aliphatic rings. The van der Waals surface area contributed by atoms with Gasteiger partial charge in [0.2, 0.25) is 0 Å². The van der Waals surface area contributed by atoms with E-state index in [4.69, 9.17) is 9.47 Å². The van der Waals surface area contributed by atoms with Gasteiger partial charge in [0, 0.05) is 0 Å². The van der Waals surface area contributed by atoms with Gasteiger partial charge in [0.05, 0.1) is 24.4 Å². The van der Waals surface area contributed by atoms with Gasteiger partial charge in [0.1, 0.15) is 13.2 Å². The van der Waals surface area contributed by atoms with Crippen molar-refractivity contribution in [2.45, 2.75) is 75.8 Å². The Morgan fingerprint density at radius 3 is 1.50 bits per heavy atom. The van der Waals surface area contributed by atoms with Crippen LogP contribution in [0, 0.1) is 11.8 Å². The minimum atomic E-state index is -0.334. The van der Waals surface area contributed by atoms with Crippen molar-refractivity contribution in [2.24, 2.45) is 0 Å². The van der Waals surface area contributed by atoms with E-state index < -0.39 is 0 Å². The summed E-state index contributed by atoms with van der Waals surface area (Å²) in [7, 11) is 0. The van der Waals surface area contributed by atoms with Gasteiger partial charge < -0.3 is 19.7 Å². The van der Waals surface area contributed by atoms with Crippen molar-refractivity contribution in [1.82, 2.24) is 0 Å². The lowest BCUT2D eigenvalue weighted by Gasteiger charge is -2.27. The Labute approximate surface area is 121 Å². The number of aliphatic hydroxyl groups is 2. The molecule has 114 valence electrons. The Morgan fingerprint density at radius 2 is 1.10 bits per heavy atom. The van der Waals surface area contributed by atoms with Crippen molar-refractivity contribution in [1.29, 1.82) is 0 Å². The SMILES string of the molecule is OC1CCCCC1OCC#CCOC1CCCCC1O. The second-order valence-corrected chi connectivity index (χ2v) is 5.76. The molecule has 0 bridgehead atoms. The number of hydrogen-bond acceptors (Lipinski definition) is 4. The normalized spacial score (nSPS) is 34.3. The van der Waals surface area contributed by atoms with Crippen LogP contribution in [0.3, 0.4) is 0 Å². The Bertz CT molecular complexity index is 303. The highest BCUT2D eigenvalue weighted by Crippen LogP contribution is 2.21. The maximum atomic E-state index is 9.75. The van der Waals surface area contributed by atoms with Gasteiger partial charge in [-0.05, 0) is 25.7 Å². The van der Waals surface area contributed by atoms with Crippen molar-refractivity contribution in [3.05, 3.63) is 0 Å². The zero-order valence-electron chi connectivity index (χ0n) is 12.1. The minimum absolute atomic E-state index is 0.0564. The van der Waals surface area contributed by atoms with E-state index in [1.165, 1.54) is 0 Å². The van der Waals surface area contributed by atoms with Crippen LogP contribution in [0.1, 0.15) is 51.4 Å². The van der Waals surface area contributed by atoms with Crippen LogP contribution < -0.4 is 0 Å². The molecule has 4 nitrogen and oxygen atoms in total. The summed E-state index contributed by atoms with van der Waals surface area (Å²) >= 11 is 0. The van der Waals surface area contributed by atoms with E-state index in [-0.39, 0.29) is 24.4 Å². The summed E-state index contributed by atoms with van der Waals surface area (Å²) in [6.45, 7) is 0.691. The standard InChI is InChI=1S/C16H26O4/c17-13-7-1-3-9-15(13)19-11-5-6-12-20-16-10-4-2-8-14(16)18/h13-18H,1-4,7-12H2. The molecule has 0 radical (unpaired) electrons. The Hall–Kier alpha value is -0.600. The fourth-order valence-electron chi connectivity index (χ4n) is 2.94. The Kier molecular flexibility index (Phi) is 6.81. The summed E-state index contributed by atoms with van der Waals surface area (Å²) in [5.74, 6) is 5.84. The van der Waals surface area contributed by atoms with Gasteiger partial charge in [-0.3, -0.25) is 0 Å². The van der Waals surface area contributed by atoms with Gasteiger partial charge in [-0.25, -0.2) is 0 Å². The Balaban J connectivity index is 1.58. The summed E-state index contributed by atoms with van der Waals surface area (Å²) in [4.78, 5) is 0.